The van der Waals surface area contributed by atoms with Gasteiger partial charge in [-0.2, -0.15) is 0 Å². The molecule has 3 heteroatoms. The highest BCUT2D eigenvalue weighted by atomic mass is 16.5. The van der Waals surface area contributed by atoms with Crippen molar-refractivity contribution in [3.05, 3.63) is 29.3 Å². The van der Waals surface area contributed by atoms with Crippen LogP contribution in [0.2, 0.25) is 0 Å². The predicted octanol–water partition coefficient (Wildman–Crippen LogP) is 2.28. The Labute approximate surface area is 114 Å². The number of benzene rings is 1. The molecular weight excluding hydrogens is 238 g/mol. The SMILES string of the molecule is c1cc2c(cc1CNC1CCOC1C1CC1)CCO2. The van der Waals surface area contributed by atoms with E-state index in [4.69, 9.17) is 9.47 Å². The zero-order chi connectivity index (χ0) is 12.7. The molecule has 2 aliphatic heterocycles. The van der Waals surface area contributed by atoms with Crippen molar-refractivity contribution < 1.29 is 9.47 Å². The van der Waals surface area contributed by atoms with Gasteiger partial charge in [-0.1, -0.05) is 12.1 Å². The van der Waals surface area contributed by atoms with E-state index in [-0.39, 0.29) is 0 Å². The standard InChI is InChI=1S/C16H21NO2/c1-4-15-13(5-7-18-15)9-11(1)10-17-14-6-8-19-16(14)12-2-3-12/h1,4,9,12,14,16-17H,2-3,5-8,10H2. The Morgan fingerprint density at radius 3 is 3.00 bits per heavy atom. The largest absolute Gasteiger partial charge is 0.493 e. The Hall–Kier alpha value is -1.06. The van der Waals surface area contributed by atoms with Crippen LogP contribution in [0.25, 0.3) is 0 Å². The van der Waals surface area contributed by atoms with Gasteiger partial charge in [0.05, 0.1) is 12.7 Å². The molecule has 2 atom stereocenters. The molecule has 3 aliphatic rings. The summed E-state index contributed by atoms with van der Waals surface area (Å²) >= 11 is 0. The number of nitrogens with one attached hydrogen (secondary N) is 1. The molecule has 102 valence electrons. The van der Waals surface area contributed by atoms with Crippen LogP contribution in [0.3, 0.4) is 0 Å². The first-order valence-corrected chi connectivity index (χ1v) is 7.50. The summed E-state index contributed by atoms with van der Waals surface area (Å²) in [6, 6.07) is 7.14. The number of rotatable bonds is 4. The molecular formula is C16H21NO2. The van der Waals surface area contributed by atoms with Crippen LogP contribution in [0.4, 0.5) is 0 Å². The number of hydrogen-bond acceptors (Lipinski definition) is 3. The summed E-state index contributed by atoms with van der Waals surface area (Å²) in [7, 11) is 0. The first-order chi connectivity index (χ1) is 9.40. The first kappa shape index (κ1) is 11.7. The highest BCUT2D eigenvalue weighted by Gasteiger charge is 2.40. The van der Waals surface area contributed by atoms with Gasteiger partial charge in [0.25, 0.3) is 0 Å². The minimum absolute atomic E-state index is 0.470. The summed E-state index contributed by atoms with van der Waals surface area (Å²) in [5.41, 5.74) is 2.73. The third-order valence-electron chi connectivity index (χ3n) is 4.54. The average molecular weight is 259 g/mol. The molecule has 0 amide bonds. The van der Waals surface area contributed by atoms with Crippen molar-refractivity contribution in [2.45, 2.75) is 44.4 Å². The highest BCUT2D eigenvalue weighted by molar-refractivity contribution is 5.39. The van der Waals surface area contributed by atoms with E-state index in [2.05, 4.69) is 23.5 Å². The Bertz CT molecular complexity index is 470. The van der Waals surface area contributed by atoms with Gasteiger partial charge in [-0.15, -0.1) is 0 Å². The van der Waals surface area contributed by atoms with E-state index in [1.165, 1.54) is 24.0 Å². The minimum Gasteiger partial charge on any atom is -0.493 e. The lowest BCUT2D eigenvalue weighted by Crippen LogP contribution is -2.37. The number of hydrogen-bond donors (Lipinski definition) is 1. The summed E-state index contributed by atoms with van der Waals surface area (Å²) in [5, 5.41) is 3.69. The molecule has 0 radical (unpaired) electrons. The molecule has 1 saturated heterocycles. The van der Waals surface area contributed by atoms with Crippen molar-refractivity contribution in [1.82, 2.24) is 5.32 Å². The second-order valence-electron chi connectivity index (χ2n) is 5.99. The smallest absolute Gasteiger partial charge is 0.122 e. The summed E-state index contributed by atoms with van der Waals surface area (Å²) in [5.74, 6) is 1.90. The summed E-state index contributed by atoms with van der Waals surface area (Å²) in [6.45, 7) is 2.72. The zero-order valence-electron chi connectivity index (χ0n) is 11.2. The van der Waals surface area contributed by atoms with E-state index in [0.29, 0.717) is 12.1 Å². The normalized spacial score (nSPS) is 29.3. The van der Waals surface area contributed by atoms with Gasteiger partial charge in [0.2, 0.25) is 0 Å². The molecule has 1 aliphatic carbocycles. The summed E-state index contributed by atoms with van der Waals surface area (Å²) < 4.78 is 11.4. The third kappa shape index (κ3) is 2.37. The minimum atomic E-state index is 0.470. The quantitative estimate of drug-likeness (QED) is 0.900. The van der Waals surface area contributed by atoms with Gasteiger partial charge in [0.15, 0.2) is 0 Å². The van der Waals surface area contributed by atoms with Crippen LogP contribution >= 0.6 is 0 Å². The molecule has 1 N–H and O–H groups in total. The average Bonchev–Trinajstić information content (AvgIpc) is 3.00. The van der Waals surface area contributed by atoms with Gasteiger partial charge in [0, 0.05) is 25.6 Å². The molecule has 2 heterocycles. The molecule has 1 aromatic carbocycles. The van der Waals surface area contributed by atoms with Gasteiger partial charge in [-0.25, -0.2) is 0 Å². The Morgan fingerprint density at radius 2 is 2.11 bits per heavy atom. The van der Waals surface area contributed by atoms with Gasteiger partial charge in [-0.3, -0.25) is 0 Å². The number of fused-ring (bicyclic) bond motifs is 1. The fourth-order valence-electron chi connectivity index (χ4n) is 3.32. The first-order valence-electron chi connectivity index (χ1n) is 7.50. The maximum absolute atomic E-state index is 5.87. The van der Waals surface area contributed by atoms with Crippen LogP contribution in [-0.4, -0.2) is 25.4 Å². The van der Waals surface area contributed by atoms with Gasteiger partial charge >= 0.3 is 0 Å². The Balaban J connectivity index is 1.39. The van der Waals surface area contributed by atoms with Crippen molar-refractivity contribution in [2.24, 2.45) is 5.92 Å². The Morgan fingerprint density at radius 1 is 1.16 bits per heavy atom. The molecule has 19 heavy (non-hydrogen) atoms. The van der Waals surface area contributed by atoms with E-state index >= 15 is 0 Å². The van der Waals surface area contributed by atoms with Crippen molar-refractivity contribution in [3.63, 3.8) is 0 Å². The maximum Gasteiger partial charge on any atom is 0.122 e. The number of ether oxygens (including phenoxy) is 2. The van der Waals surface area contributed by atoms with Crippen LogP contribution in [0.15, 0.2) is 18.2 Å². The van der Waals surface area contributed by atoms with E-state index in [1.807, 2.05) is 0 Å². The van der Waals surface area contributed by atoms with E-state index < -0.39 is 0 Å². The summed E-state index contributed by atoms with van der Waals surface area (Å²) in [4.78, 5) is 0. The van der Waals surface area contributed by atoms with Crippen molar-refractivity contribution in [1.29, 1.82) is 0 Å². The van der Waals surface area contributed by atoms with Crippen molar-refractivity contribution in [2.75, 3.05) is 13.2 Å². The molecule has 1 aromatic rings. The van der Waals surface area contributed by atoms with Crippen molar-refractivity contribution in [3.8, 4) is 5.75 Å². The predicted molar refractivity (Wildman–Crippen MR) is 73.3 cm³/mol. The maximum atomic E-state index is 5.87. The van der Waals surface area contributed by atoms with Crippen LogP contribution in [0, 0.1) is 5.92 Å². The van der Waals surface area contributed by atoms with Crippen molar-refractivity contribution >= 4 is 0 Å². The summed E-state index contributed by atoms with van der Waals surface area (Å²) in [6.07, 6.45) is 5.41. The van der Waals surface area contributed by atoms with Gasteiger partial charge in [0.1, 0.15) is 5.75 Å². The molecule has 0 bridgehead atoms. The Kier molecular flexibility index (Phi) is 2.97. The highest BCUT2D eigenvalue weighted by Crippen LogP contribution is 2.38. The van der Waals surface area contributed by atoms with Crippen LogP contribution in [-0.2, 0) is 17.7 Å². The second kappa shape index (κ2) is 4.80. The fraction of sp³-hybridized carbons (Fsp3) is 0.625. The van der Waals surface area contributed by atoms with Gasteiger partial charge in [-0.05, 0) is 42.4 Å². The lowest BCUT2D eigenvalue weighted by Gasteiger charge is -2.19. The van der Waals surface area contributed by atoms with Gasteiger partial charge < -0.3 is 14.8 Å². The topological polar surface area (TPSA) is 30.5 Å². The van der Waals surface area contributed by atoms with Crippen LogP contribution < -0.4 is 10.1 Å². The van der Waals surface area contributed by atoms with E-state index in [0.717, 1.165) is 44.3 Å². The fourth-order valence-corrected chi connectivity index (χ4v) is 3.32. The monoisotopic (exact) mass is 259 g/mol. The molecule has 4 rings (SSSR count). The third-order valence-corrected chi connectivity index (χ3v) is 4.54. The molecule has 1 saturated carbocycles. The lowest BCUT2D eigenvalue weighted by atomic mass is 10.0. The van der Waals surface area contributed by atoms with Crippen LogP contribution in [0.1, 0.15) is 30.4 Å². The molecule has 2 fully saturated rings. The lowest BCUT2D eigenvalue weighted by molar-refractivity contribution is 0.0809. The van der Waals surface area contributed by atoms with E-state index in [1.54, 1.807) is 0 Å². The zero-order valence-corrected chi connectivity index (χ0v) is 11.2. The second-order valence-corrected chi connectivity index (χ2v) is 5.99. The van der Waals surface area contributed by atoms with E-state index in [9.17, 15) is 0 Å². The van der Waals surface area contributed by atoms with Crippen LogP contribution in [0.5, 0.6) is 5.75 Å². The molecule has 0 spiro atoms. The molecule has 3 nitrogen and oxygen atoms in total. The molecule has 0 aromatic heterocycles. The molecule has 2 unspecified atom stereocenters.